The lowest BCUT2D eigenvalue weighted by atomic mass is 9.97. The van der Waals surface area contributed by atoms with Gasteiger partial charge in [0, 0.05) is 23.7 Å². The summed E-state index contributed by atoms with van der Waals surface area (Å²) in [5.74, 6) is -0.727. The van der Waals surface area contributed by atoms with Crippen LogP contribution in [-0.2, 0) is 22.6 Å². The highest BCUT2D eigenvalue weighted by molar-refractivity contribution is 7.09. The van der Waals surface area contributed by atoms with Crippen LogP contribution in [0.5, 0.6) is 0 Å². The number of hydrogen-bond acceptors (Lipinski definition) is 4. The smallest absolute Gasteiger partial charge is 0.313 e. The van der Waals surface area contributed by atoms with Gasteiger partial charge < -0.3 is 10.6 Å². The highest BCUT2D eigenvalue weighted by Gasteiger charge is 2.21. The van der Waals surface area contributed by atoms with E-state index in [9.17, 15) is 9.59 Å². The number of nitrogens with zero attached hydrogens (tertiary/aromatic N) is 1. The molecule has 0 aliphatic carbocycles. The van der Waals surface area contributed by atoms with Gasteiger partial charge >= 0.3 is 11.8 Å². The van der Waals surface area contributed by atoms with Crippen molar-refractivity contribution in [3.8, 4) is 0 Å². The SMILES string of the molecule is CCc1ccc(NC(=O)C(=O)NCC2CCN(Cc3cccs3)CC2)cc1. The molecule has 1 fully saturated rings. The zero-order valence-corrected chi connectivity index (χ0v) is 16.6. The summed E-state index contributed by atoms with van der Waals surface area (Å²) in [5, 5.41) is 7.55. The molecule has 1 saturated heterocycles. The third-order valence-electron chi connectivity index (χ3n) is 5.04. The number of anilines is 1. The Morgan fingerprint density at radius 3 is 2.48 bits per heavy atom. The number of amides is 2. The van der Waals surface area contributed by atoms with E-state index >= 15 is 0 Å². The van der Waals surface area contributed by atoms with Gasteiger partial charge in [-0.15, -0.1) is 11.3 Å². The number of rotatable bonds is 6. The topological polar surface area (TPSA) is 61.4 Å². The number of carbonyl (C=O) groups is 2. The molecule has 2 heterocycles. The van der Waals surface area contributed by atoms with Crippen molar-refractivity contribution < 1.29 is 9.59 Å². The molecule has 1 aliphatic rings. The number of nitrogens with one attached hydrogen (secondary N) is 2. The molecule has 3 rings (SSSR count). The van der Waals surface area contributed by atoms with E-state index in [-0.39, 0.29) is 0 Å². The van der Waals surface area contributed by atoms with Gasteiger partial charge in [-0.1, -0.05) is 25.1 Å². The van der Waals surface area contributed by atoms with Gasteiger partial charge in [0.05, 0.1) is 0 Å². The summed E-state index contributed by atoms with van der Waals surface area (Å²) in [7, 11) is 0. The molecule has 1 aliphatic heterocycles. The number of benzene rings is 1. The predicted molar refractivity (Wildman–Crippen MR) is 110 cm³/mol. The fourth-order valence-corrected chi connectivity index (χ4v) is 4.05. The van der Waals surface area contributed by atoms with Gasteiger partial charge in [-0.25, -0.2) is 0 Å². The van der Waals surface area contributed by atoms with Gasteiger partial charge in [-0.2, -0.15) is 0 Å². The lowest BCUT2D eigenvalue weighted by Gasteiger charge is -2.31. The molecule has 0 unspecified atom stereocenters. The summed E-state index contributed by atoms with van der Waals surface area (Å²) in [5.41, 5.74) is 1.84. The number of carbonyl (C=O) groups excluding carboxylic acids is 2. The molecule has 1 aromatic heterocycles. The predicted octanol–water partition coefficient (Wildman–Crippen LogP) is 3.28. The molecular formula is C21H27N3O2S. The van der Waals surface area contributed by atoms with Crippen molar-refractivity contribution in [3.05, 3.63) is 52.2 Å². The Balaban J connectivity index is 1.36. The van der Waals surface area contributed by atoms with Gasteiger partial charge in [-0.05, 0) is 67.4 Å². The number of piperidine rings is 1. The molecule has 2 aromatic rings. The van der Waals surface area contributed by atoms with Crippen molar-refractivity contribution >= 4 is 28.8 Å². The van der Waals surface area contributed by atoms with Crippen molar-refractivity contribution in [2.45, 2.75) is 32.7 Å². The molecule has 0 bridgehead atoms. The normalized spacial score (nSPS) is 15.4. The van der Waals surface area contributed by atoms with Crippen LogP contribution < -0.4 is 10.6 Å². The lowest BCUT2D eigenvalue weighted by Crippen LogP contribution is -2.41. The first kappa shape index (κ1) is 19.6. The average molecular weight is 386 g/mol. The maximum Gasteiger partial charge on any atom is 0.313 e. The minimum atomic E-state index is -0.602. The van der Waals surface area contributed by atoms with Crippen LogP contribution in [0.25, 0.3) is 0 Å². The fraction of sp³-hybridized carbons (Fsp3) is 0.429. The van der Waals surface area contributed by atoms with E-state index in [4.69, 9.17) is 0 Å². The van der Waals surface area contributed by atoms with Gasteiger partial charge in [0.15, 0.2) is 0 Å². The third kappa shape index (κ3) is 5.91. The number of likely N-dealkylation sites (tertiary alicyclic amines) is 1. The minimum Gasteiger partial charge on any atom is -0.348 e. The summed E-state index contributed by atoms with van der Waals surface area (Å²) in [6.45, 7) is 5.72. The second-order valence-electron chi connectivity index (χ2n) is 7.01. The zero-order valence-electron chi connectivity index (χ0n) is 15.7. The van der Waals surface area contributed by atoms with E-state index in [1.54, 1.807) is 11.3 Å². The lowest BCUT2D eigenvalue weighted by molar-refractivity contribution is -0.136. The Kier molecular flexibility index (Phi) is 7.01. The van der Waals surface area contributed by atoms with E-state index in [2.05, 4.69) is 40.0 Å². The van der Waals surface area contributed by atoms with Crippen molar-refractivity contribution in [1.29, 1.82) is 0 Å². The molecule has 2 N–H and O–H groups in total. The van der Waals surface area contributed by atoms with Crippen LogP contribution in [0, 0.1) is 5.92 Å². The molecule has 144 valence electrons. The molecule has 2 amide bonds. The fourth-order valence-electron chi connectivity index (χ4n) is 3.30. The van der Waals surface area contributed by atoms with E-state index < -0.39 is 11.8 Å². The first-order chi connectivity index (χ1) is 13.1. The number of thiophene rings is 1. The average Bonchev–Trinajstić information content (AvgIpc) is 3.21. The first-order valence-electron chi connectivity index (χ1n) is 9.57. The van der Waals surface area contributed by atoms with Crippen LogP contribution in [0.15, 0.2) is 41.8 Å². The Labute approximate surface area is 164 Å². The highest BCUT2D eigenvalue weighted by atomic mass is 32.1. The van der Waals surface area contributed by atoms with Crippen molar-refractivity contribution in [3.63, 3.8) is 0 Å². The standard InChI is InChI=1S/C21H27N3O2S/c1-2-16-5-7-18(8-6-16)23-21(26)20(25)22-14-17-9-11-24(12-10-17)15-19-4-3-13-27-19/h3-8,13,17H,2,9-12,14-15H2,1H3,(H,22,25)(H,23,26). The van der Waals surface area contributed by atoms with E-state index in [0.29, 0.717) is 18.2 Å². The second kappa shape index (κ2) is 9.67. The van der Waals surface area contributed by atoms with E-state index in [1.165, 1.54) is 10.4 Å². The number of aryl methyl sites for hydroxylation is 1. The molecule has 0 saturated carbocycles. The highest BCUT2D eigenvalue weighted by Crippen LogP contribution is 2.20. The van der Waals surface area contributed by atoms with Crippen molar-refractivity contribution in [2.24, 2.45) is 5.92 Å². The Morgan fingerprint density at radius 1 is 1.11 bits per heavy atom. The summed E-state index contributed by atoms with van der Waals surface area (Å²) < 4.78 is 0. The molecule has 1 aromatic carbocycles. The van der Waals surface area contributed by atoms with Crippen molar-refractivity contribution in [1.82, 2.24) is 10.2 Å². The van der Waals surface area contributed by atoms with Crippen molar-refractivity contribution in [2.75, 3.05) is 25.0 Å². The maximum atomic E-state index is 12.1. The third-order valence-corrected chi connectivity index (χ3v) is 5.91. The molecule has 27 heavy (non-hydrogen) atoms. The molecule has 0 radical (unpaired) electrons. The van der Waals surface area contributed by atoms with E-state index in [1.807, 2.05) is 24.3 Å². The van der Waals surface area contributed by atoms with Gasteiger partial charge in [-0.3, -0.25) is 14.5 Å². The monoisotopic (exact) mass is 385 g/mol. The molecular weight excluding hydrogens is 358 g/mol. The molecule has 0 spiro atoms. The summed E-state index contributed by atoms with van der Waals surface area (Å²) in [6.07, 6.45) is 3.04. The van der Waals surface area contributed by atoms with Crippen LogP contribution in [0.4, 0.5) is 5.69 Å². The molecule has 0 atom stereocenters. The van der Waals surface area contributed by atoms with Crippen LogP contribution >= 0.6 is 11.3 Å². The Bertz CT molecular complexity index is 735. The van der Waals surface area contributed by atoms with Gasteiger partial charge in [0.25, 0.3) is 0 Å². The van der Waals surface area contributed by atoms with Gasteiger partial charge in [0.1, 0.15) is 0 Å². The molecule has 5 nitrogen and oxygen atoms in total. The van der Waals surface area contributed by atoms with Crippen LogP contribution in [0.1, 0.15) is 30.2 Å². The quantitative estimate of drug-likeness (QED) is 0.750. The van der Waals surface area contributed by atoms with E-state index in [0.717, 1.165) is 38.9 Å². The van der Waals surface area contributed by atoms with Crippen LogP contribution in [0.3, 0.4) is 0 Å². The Morgan fingerprint density at radius 2 is 1.85 bits per heavy atom. The van der Waals surface area contributed by atoms with Gasteiger partial charge in [0.2, 0.25) is 0 Å². The second-order valence-corrected chi connectivity index (χ2v) is 8.05. The summed E-state index contributed by atoms with van der Waals surface area (Å²) in [4.78, 5) is 27.9. The minimum absolute atomic E-state index is 0.435. The summed E-state index contributed by atoms with van der Waals surface area (Å²) >= 11 is 1.79. The maximum absolute atomic E-state index is 12.1. The summed E-state index contributed by atoms with van der Waals surface area (Å²) in [6, 6.07) is 11.8. The Hall–Kier alpha value is -2.18. The first-order valence-corrected chi connectivity index (χ1v) is 10.4. The van der Waals surface area contributed by atoms with Crippen LogP contribution in [0.2, 0.25) is 0 Å². The zero-order chi connectivity index (χ0) is 19.1. The molecule has 6 heteroatoms. The van der Waals surface area contributed by atoms with Crippen LogP contribution in [-0.4, -0.2) is 36.3 Å². The number of hydrogen-bond donors (Lipinski definition) is 2. The largest absolute Gasteiger partial charge is 0.348 e.